The third-order valence-corrected chi connectivity index (χ3v) is 6.05. The van der Waals surface area contributed by atoms with Crippen LogP contribution < -0.4 is 9.64 Å². The van der Waals surface area contributed by atoms with Crippen molar-refractivity contribution in [3.05, 3.63) is 71.4 Å². The third kappa shape index (κ3) is 3.93. The van der Waals surface area contributed by atoms with Crippen molar-refractivity contribution in [2.24, 2.45) is 0 Å². The number of carbonyl (C=O) groups excluding carboxylic acids is 1. The lowest BCUT2D eigenvalue weighted by molar-refractivity contribution is 0.0746. The first kappa shape index (κ1) is 21.8. The van der Waals surface area contributed by atoms with E-state index in [4.69, 9.17) is 9.72 Å². The number of piperazine rings is 1. The third-order valence-electron chi connectivity index (χ3n) is 6.05. The number of anilines is 1. The molecule has 0 saturated carbocycles. The van der Waals surface area contributed by atoms with Crippen molar-refractivity contribution in [2.45, 2.75) is 13.8 Å². The molecule has 1 aliphatic rings. The second-order valence-corrected chi connectivity index (χ2v) is 8.28. The molecule has 0 radical (unpaired) electrons. The predicted octanol–water partition coefficient (Wildman–Crippen LogP) is 3.54. The van der Waals surface area contributed by atoms with Crippen LogP contribution in [-0.4, -0.2) is 63.8 Å². The van der Waals surface area contributed by atoms with E-state index in [1.165, 1.54) is 12.1 Å². The van der Waals surface area contributed by atoms with Crippen LogP contribution in [0.2, 0.25) is 0 Å². The molecule has 0 spiro atoms. The zero-order valence-corrected chi connectivity index (χ0v) is 19.3. The molecule has 2 aromatic carbocycles. The van der Waals surface area contributed by atoms with Crippen molar-refractivity contribution in [2.75, 3.05) is 38.2 Å². The molecule has 2 aromatic heterocycles. The maximum atomic E-state index is 13.4. The first-order chi connectivity index (χ1) is 16.4. The number of benzene rings is 2. The summed E-state index contributed by atoms with van der Waals surface area (Å²) in [5.41, 5.74) is 2.83. The van der Waals surface area contributed by atoms with Crippen LogP contribution in [0.4, 0.5) is 10.2 Å². The fraction of sp³-hybridized carbons (Fsp3) is 0.280. The van der Waals surface area contributed by atoms with Gasteiger partial charge < -0.3 is 14.5 Å². The summed E-state index contributed by atoms with van der Waals surface area (Å²) in [6.45, 7) is 6.21. The van der Waals surface area contributed by atoms with Crippen LogP contribution in [0.25, 0.3) is 16.7 Å². The number of amides is 1. The van der Waals surface area contributed by atoms with Gasteiger partial charge in [0.05, 0.1) is 23.9 Å². The zero-order chi connectivity index (χ0) is 23.8. The first-order valence-electron chi connectivity index (χ1n) is 11.1. The van der Waals surface area contributed by atoms with E-state index in [1.54, 1.807) is 30.0 Å². The molecular weight excluding hydrogens is 435 g/mol. The lowest BCUT2D eigenvalue weighted by Gasteiger charge is -2.35. The number of methoxy groups -OCH3 is 1. The number of halogens is 1. The van der Waals surface area contributed by atoms with Gasteiger partial charge in [0.15, 0.2) is 5.65 Å². The van der Waals surface area contributed by atoms with E-state index < -0.39 is 0 Å². The van der Waals surface area contributed by atoms with Crippen LogP contribution in [0, 0.1) is 19.7 Å². The van der Waals surface area contributed by atoms with E-state index in [9.17, 15) is 9.18 Å². The number of hydrogen-bond donors (Lipinski definition) is 0. The summed E-state index contributed by atoms with van der Waals surface area (Å²) in [5, 5.41) is 5.54. The van der Waals surface area contributed by atoms with Crippen molar-refractivity contribution < 1.29 is 13.9 Å². The summed E-state index contributed by atoms with van der Waals surface area (Å²) < 4.78 is 20.4. The van der Waals surface area contributed by atoms with E-state index in [-0.39, 0.29) is 11.7 Å². The van der Waals surface area contributed by atoms with Crippen molar-refractivity contribution >= 4 is 22.8 Å². The monoisotopic (exact) mass is 460 g/mol. The van der Waals surface area contributed by atoms with E-state index in [1.807, 2.05) is 36.9 Å². The topological polar surface area (TPSA) is 76.4 Å². The van der Waals surface area contributed by atoms with Gasteiger partial charge in [0.25, 0.3) is 5.91 Å². The number of hydrogen-bond acceptors (Lipinski definition) is 6. The number of aryl methyl sites for hydroxylation is 2. The molecule has 34 heavy (non-hydrogen) atoms. The number of rotatable bonds is 4. The molecule has 8 nitrogen and oxygen atoms in total. The Bertz CT molecular complexity index is 1360. The highest BCUT2D eigenvalue weighted by atomic mass is 19.1. The van der Waals surface area contributed by atoms with E-state index in [2.05, 4.69) is 15.0 Å². The quantitative estimate of drug-likeness (QED) is 0.464. The van der Waals surface area contributed by atoms with Gasteiger partial charge in [0.1, 0.15) is 23.2 Å². The molecule has 0 unspecified atom stereocenters. The maximum absolute atomic E-state index is 13.4. The molecule has 0 atom stereocenters. The Morgan fingerprint density at radius 3 is 2.44 bits per heavy atom. The molecule has 0 aliphatic carbocycles. The van der Waals surface area contributed by atoms with Gasteiger partial charge in [-0.25, -0.2) is 19.0 Å². The molecule has 3 heterocycles. The smallest absolute Gasteiger partial charge is 0.254 e. The molecule has 1 amide bonds. The molecule has 0 N–H and O–H groups in total. The largest absolute Gasteiger partial charge is 0.497 e. The van der Waals surface area contributed by atoms with Crippen molar-refractivity contribution in [3.8, 4) is 11.4 Å². The lowest BCUT2D eigenvalue weighted by Crippen LogP contribution is -2.49. The van der Waals surface area contributed by atoms with Gasteiger partial charge in [-0.1, -0.05) is 6.07 Å². The summed E-state index contributed by atoms with van der Waals surface area (Å²) in [7, 11) is 1.59. The molecule has 4 aromatic rings. The Kier molecular flexibility index (Phi) is 5.61. The van der Waals surface area contributed by atoms with E-state index in [0.29, 0.717) is 49.0 Å². The first-order valence-corrected chi connectivity index (χ1v) is 11.1. The fourth-order valence-electron chi connectivity index (χ4n) is 4.32. The number of aromatic nitrogens is 4. The average Bonchev–Trinajstić information content (AvgIpc) is 3.19. The summed E-state index contributed by atoms with van der Waals surface area (Å²) in [6.07, 6.45) is 0. The van der Waals surface area contributed by atoms with Crippen LogP contribution in [0.5, 0.6) is 5.75 Å². The van der Waals surface area contributed by atoms with Crippen LogP contribution in [-0.2, 0) is 0 Å². The van der Waals surface area contributed by atoms with Gasteiger partial charge in [-0.2, -0.15) is 5.10 Å². The molecule has 0 bridgehead atoms. The lowest BCUT2D eigenvalue weighted by atomic mass is 10.1. The maximum Gasteiger partial charge on any atom is 0.254 e. The minimum Gasteiger partial charge on any atom is -0.497 e. The van der Waals surface area contributed by atoms with Crippen molar-refractivity contribution in [1.82, 2.24) is 24.6 Å². The van der Waals surface area contributed by atoms with Gasteiger partial charge in [0.2, 0.25) is 0 Å². The highest BCUT2D eigenvalue weighted by Crippen LogP contribution is 2.30. The Morgan fingerprint density at radius 2 is 1.74 bits per heavy atom. The molecule has 174 valence electrons. The zero-order valence-electron chi connectivity index (χ0n) is 19.3. The number of fused-ring (bicyclic) bond motifs is 1. The number of ether oxygens (including phenoxy) is 1. The van der Waals surface area contributed by atoms with Crippen LogP contribution in [0.15, 0.2) is 48.5 Å². The molecule has 1 aliphatic heterocycles. The average molecular weight is 461 g/mol. The van der Waals surface area contributed by atoms with Crippen molar-refractivity contribution in [3.63, 3.8) is 0 Å². The van der Waals surface area contributed by atoms with E-state index in [0.717, 1.165) is 22.6 Å². The molecule has 1 fully saturated rings. The number of carbonyl (C=O) groups is 1. The SMILES string of the molecule is COc1cccc(C(=O)N2CCN(c3nc(C)nc4c3c(C)nn4-c3ccc(F)cc3)CC2)c1. The van der Waals surface area contributed by atoms with Crippen LogP contribution >= 0.6 is 0 Å². The minimum absolute atomic E-state index is 0.0112. The fourth-order valence-corrected chi connectivity index (χ4v) is 4.32. The summed E-state index contributed by atoms with van der Waals surface area (Å²) in [6, 6.07) is 13.4. The van der Waals surface area contributed by atoms with Gasteiger partial charge in [-0.15, -0.1) is 0 Å². The predicted molar refractivity (Wildman–Crippen MR) is 127 cm³/mol. The van der Waals surface area contributed by atoms with Gasteiger partial charge in [0, 0.05) is 31.7 Å². The summed E-state index contributed by atoms with van der Waals surface area (Å²) in [4.78, 5) is 26.4. The Morgan fingerprint density at radius 1 is 1.00 bits per heavy atom. The highest BCUT2D eigenvalue weighted by Gasteiger charge is 2.26. The minimum atomic E-state index is -0.301. The summed E-state index contributed by atoms with van der Waals surface area (Å²) >= 11 is 0. The van der Waals surface area contributed by atoms with Gasteiger partial charge >= 0.3 is 0 Å². The second kappa shape index (κ2) is 8.74. The molecule has 5 rings (SSSR count). The summed E-state index contributed by atoms with van der Waals surface area (Å²) in [5.74, 6) is 1.78. The molecule has 9 heteroatoms. The molecular formula is C25H25FN6O2. The highest BCUT2D eigenvalue weighted by molar-refractivity contribution is 5.95. The normalized spacial score (nSPS) is 14.0. The number of nitrogens with zero attached hydrogens (tertiary/aromatic N) is 6. The standard InChI is InChI=1S/C25H25FN6O2/c1-16-22-23(27-17(2)28-24(22)32(29-16)20-9-7-19(26)8-10-20)30-11-13-31(14-12-30)25(33)18-5-4-6-21(15-18)34-3/h4-10,15H,11-14H2,1-3H3. The van der Waals surface area contributed by atoms with Crippen LogP contribution in [0.1, 0.15) is 21.9 Å². The second-order valence-electron chi connectivity index (χ2n) is 8.28. The Hall–Kier alpha value is -4.01. The van der Waals surface area contributed by atoms with Crippen molar-refractivity contribution in [1.29, 1.82) is 0 Å². The van der Waals surface area contributed by atoms with Crippen LogP contribution in [0.3, 0.4) is 0 Å². The Balaban J connectivity index is 1.42. The van der Waals surface area contributed by atoms with Gasteiger partial charge in [-0.3, -0.25) is 4.79 Å². The Labute approximate surface area is 196 Å². The van der Waals surface area contributed by atoms with E-state index >= 15 is 0 Å². The molecule has 1 saturated heterocycles. The van der Waals surface area contributed by atoms with Gasteiger partial charge in [-0.05, 0) is 56.3 Å².